The SMILES string of the molecule is Nc1nc(NCc2ccccc2Oc2ccc3ccccc3c2)n[nH]1. The Bertz CT molecular complexity index is 1010. The molecule has 3 aromatic carbocycles. The van der Waals surface area contributed by atoms with Crippen molar-refractivity contribution in [1.82, 2.24) is 15.2 Å². The lowest BCUT2D eigenvalue weighted by Gasteiger charge is -2.12. The van der Waals surface area contributed by atoms with Crippen molar-refractivity contribution in [3.63, 3.8) is 0 Å². The Kier molecular flexibility index (Phi) is 3.92. The quantitative estimate of drug-likeness (QED) is 0.515. The summed E-state index contributed by atoms with van der Waals surface area (Å²) in [7, 11) is 0. The van der Waals surface area contributed by atoms with E-state index in [1.54, 1.807) is 0 Å². The van der Waals surface area contributed by atoms with Gasteiger partial charge in [-0.15, -0.1) is 5.10 Å². The highest BCUT2D eigenvalue weighted by atomic mass is 16.5. The van der Waals surface area contributed by atoms with Gasteiger partial charge in [0.1, 0.15) is 11.5 Å². The summed E-state index contributed by atoms with van der Waals surface area (Å²) in [5.74, 6) is 2.32. The van der Waals surface area contributed by atoms with Crippen LogP contribution in [0.15, 0.2) is 66.7 Å². The fourth-order valence-electron chi connectivity index (χ4n) is 2.63. The number of aromatic amines is 1. The van der Waals surface area contributed by atoms with E-state index in [0.717, 1.165) is 22.4 Å². The number of benzene rings is 3. The van der Waals surface area contributed by atoms with E-state index in [1.807, 2.05) is 48.5 Å². The average molecular weight is 331 g/mol. The van der Waals surface area contributed by atoms with Crippen LogP contribution in [0.2, 0.25) is 0 Å². The molecule has 6 nitrogen and oxygen atoms in total. The maximum absolute atomic E-state index is 6.10. The third-order valence-corrected chi connectivity index (χ3v) is 3.86. The Morgan fingerprint density at radius 3 is 2.60 bits per heavy atom. The lowest BCUT2D eigenvalue weighted by atomic mass is 10.1. The summed E-state index contributed by atoms with van der Waals surface area (Å²) in [5, 5.41) is 12.0. The molecule has 0 amide bonds. The van der Waals surface area contributed by atoms with Gasteiger partial charge in [0.15, 0.2) is 0 Å². The first kappa shape index (κ1) is 15.0. The molecule has 4 rings (SSSR count). The van der Waals surface area contributed by atoms with Crippen molar-refractivity contribution >= 4 is 22.7 Å². The van der Waals surface area contributed by atoms with E-state index in [-0.39, 0.29) is 5.95 Å². The van der Waals surface area contributed by atoms with Gasteiger partial charge < -0.3 is 15.8 Å². The van der Waals surface area contributed by atoms with Crippen molar-refractivity contribution in [2.24, 2.45) is 0 Å². The van der Waals surface area contributed by atoms with Gasteiger partial charge in [-0.3, -0.25) is 0 Å². The molecule has 0 unspecified atom stereocenters. The molecule has 6 heteroatoms. The van der Waals surface area contributed by atoms with Gasteiger partial charge in [0, 0.05) is 12.1 Å². The largest absolute Gasteiger partial charge is 0.457 e. The standard InChI is InChI=1S/C19H17N5O/c20-18-22-19(24-23-18)21-12-15-7-3-4-8-17(15)25-16-10-9-13-5-1-2-6-14(13)11-16/h1-11H,12H2,(H4,20,21,22,23,24). The van der Waals surface area contributed by atoms with E-state index >= 15 is 0 Å². The minimum Gasteiger partial charge on any atom is -0.457 e. The van der Waals surface area contributed by atoms with Crippen LogP contribution in [-0.2, 0) is 6.54 Å². The highest BCUT2D eigenvalue weighted by molar-refractivity contribution is 5.83. The number of ether oxygens (including phenoxy) is 1. The number of hydrogen-bond acceptors (Lipinski definition) is 5. The van der Waals surface area contributed by atoms with Gasteiger partial charge in [0.2, 0.25) is 11.9 Å². The summed E-state index contributed by atoms with van der Waals surface area (Å²) in [6.45, 7) is 0.529. The molecular formula is C19H17N5O. The van der Waals surface area contributed by atoms with E-state index < -0.39 is 0 Å². The second-order valence-electron chi connectivity index (χ2n) is 5.62. The lowest BCUT2D eigenvalue weighted by molar-refractivity contribution is 0.478. The van der Waals surface area contributed by atoms with Gasteiger partial charge in [-0.1, -0.05) is 48.5 Å². The lowest BCUT2D eigenvalue weighted by Crippen LogP contribution is -2.03. The second-order valence-corrected chi connectivity index (χ2v) is 5.62. The van der Waals surface area contributed by atoms with Crippen molar-refractivity contribution in [2.75, 3.05) is 11.1 Å². The molecule has 0 fully saturated rings. The number of H-pyrrole nitrogens is 1. The number of nitrogens with one attached hydrogen (secondary N) is 2. The van der Waals surface area contributed by atoms with Gasteiger partial charge in [-0.05, 0) is 29.0 Å². The molecule has 0 aliphatic heterocycles. The first-order chi connectivity index (χ1) is 12.3. The van der Waals surface area contributed by atoms with Crippen molar-refractivity contribution < 1.29 is 4.74 Å². The van der Waals surface area contributed by atoms with Crippen LogP contribution >= 0.6 is 0 Å². The number of hydrogen-bond donors (Lipinski definition) is 3. The Hall–Kier alpha value is -3.54. The van der Waals surface area contributed by atoms with Crippen molar-refractivity contribution in [3.8, 4) is 11.5 Å². The van der Waals surface area contributed by atoms with Crippen LogP contribution < -0.4 is 15.8 Å². The molecule has 0 bridgehead atoms. The molecule has 0 spiro atoms. The van der Waals surface area contributed by atoms with Crippen molar-refractivity contribution in [1.29, 1.82) is 0 Å². The van der Waals surface area contributed by atoms with Gasteiger partial charge in [-0.25, -0.2) is 5.10 Å². The van der Waals surface area contributed by atoms with Crippen LogP contribution in [-0.4, -0.2) is 15.2 Å². The number of anilines is 2. The molecule has 0 saturated carbocycles. The predicted molar refractivity (Wildman–Crippen MR) is 98.6 cm³/mol. The summed E-state index contributed by atoms with van der Waals surface area (Å²) in [6, 6.07) is 22.1. The minimum atomic E-state index is 0.281. The number of nitrogen functional groups attached to an aromatic ring is 1. The number of aromatic nitrogens is 3. The molecule has 124 valence electrons. The summed E-state index contributed by atoms with van der Waals surface area (Å²) in [4.78, 5) is 4.03. The topological polar surface area (TPSA) is 88.8 Å². The zero-order valence-corrected chi connectivity index (χ0v) is 13.4. The third-order valence-electron chi connectivity index (χ3n) is 3.86. The fourth-order valence-corrected chi connectivity index (χ4v) is 2.63. The van der Waals surface area contributed by atoms with Crippen LogP contribution in [0.5, 0.6) is 11.5 Å². The number of rotatable bonds is 5. The number of nitrogens with zero attached hydrogens (tertiary/aromatic N) is 2. The number of para-hydroxylation sites is 1. The number of nitrogens with two attached hydrogens (primary N) is 1. The molecule has 0 saturated heterocycles. The molecule has 1 heterocycles. The van der Waals surface area contributed by atoms with Gasteiger partial charge in [-0.2, -0.15) is 4.98 Å². The van der Waals surface area contributed by atoms with E-state index in [9.17, 15) is 0 Å². The summed E-state index contributed by atoms with van der Waals surface area (Å²) >= 11 is 0. The Labute approximate surface area is 144 Å². The van der Waals surface area contributed by atoms with E-state index in [2.05, 4.69) is 38.7 Å². The van der Waals surface area contributed by atoms with E-state index in [4.69, 9.17) is 10.5 Å². The molecule has 25 heavy (non-hydrogen) atoms. The van der Waals surface area contributed by atoms with Crippen LogP contribution in [0, 0.1) is 0 Å². The predicted octanol–water partition coefficient (Wildman–Crippen LogP) is 3.94. The highest BCUT2D eigenvalue weighted by Crippen LogP contribution is 2.28. The Morgan fingerprint density at radius 1 is 0.960 bits per heavy atom. The summed E-state index contributed by atoms with van der Waals surface area (Å²) in [5.41, 5.74) is 6.53. The first-order valence-corrected chi connectivity index (χ1v) is 7.94. The second kappa shape index (κ2) is 6.52. The van der Waals surface area contributed by atoms with Crippen LogP contribution in [0.25, 0.3) is 10.8 Å². The third kappa shape index (κ3) is 3.37. The Morgan fingerprint density at radius 2 is 1.76 bits per heavy atom. The summed E-state index contributed by atoms with van der Waals surface area (Å²) in [6.07, 6.45) is 0. The molecule has 0 aliphatic carbocycles. The van der Waals surface area contributed by atoms with Gasteiger partial charge in [0.05, 0.1) is 0 Å². The smallest absolute Gasteiger partial charge is 0.243 e. The Balaban J connectivity index is 1.55. The van der Waals surface area contributed by atoms with Gasteiger partial charge in [0.25, 0.3) is 0 Å². The van der Waals surface area contributed by atoms with E-state index in [1.165, 1.54) is 5.39 Å². The van der Waals surface area contributed by atoms with Crippen molar-refractivity contribution in [2.45, 2.75) is 6.54 Å². The fraction of sp³-hybridized carbons (Fsp3) is 0.0526. The molecule has 0 atom stereocenters. The van der Waals surface area contributed by atoms with E-state index in [0.29, 0.717) is 12.5 Å². The zero-order chi connectivity index (χ0) is 17.1. The monoisotopic (exact) mass is 331 g/mol. The maximum Gasteiger partial charge on any atom is 0.243 e. The molecule has 0 aliphatic rings. The maximum atomic E-state index is 6.10. The van der Waals surface area contributed by atoms with Gasteiger partial charge >= 0.3 is 0 Å². The first-order valence-electron chi connectivity index (χ1n) is 7.94. The van der Waals surface area contributed by atoms with Crippen LogP contribution in [0.1, 0.15) is 5.56 Å². The van der Waals surface area contributed by atoms with Crippen molar-refractivity contribution in [3.05, 3.63) is 72.3 Å². The highest BCUT2D eigenvalue weighted by Gasteiger charge is 2.07. The molecule has 4 N–H and O–H groups in total. The zero-order valence-electron chi connectivity index (χ0n) is 13.4. The minimum absolute atomic E-state index is 0.281. The van der Waals surface area contributed by atoms with Crippen LogP contribution in [0.4, 0.5) is 11.9 Å². The summed E-state index contributed by atoms with van der Waals surface area (Å²) < 4.78 is 6.10. The number of fused-ring (bicyclic) bond motifs is 1. The normalized spacial score (nSPS) is 10.7. The average Bonchev–Trinajstić information content (AvgIpc) is 3.06. The molecular weight excluding hydrogens is 314 g/mol. The van der Waals surface area contributed by atoms with Crippen LogP contribution in [0.3, 0.4) is 0 Å². The molecule has 0 radical (unpaired) electrons. The molecule has 4 aromatic rings. The molecule has 1 aromatic heterocycles.